The molecule has 2 aromatic carbocycles. The van der Waals surface area contributed by atoms with E-state index in [2.05, 4.69) is 11.9 Å². The van der Waals surface area contributed by atoms with Crippen LogP contribution in [0, 0.1) is 11.7 Å². The maximum atomic E-state index is 13.7. The lowest BCUT2D eigenvalue weighted by Crippen LogP contribution is -2.39. The van der Waals surface area contributed by atoms with Crippen molar-refractivity contribution < 1.29 is 23.5 Å². The second kappa shape index (κ2) is 9.35. The summed E-state index contributed by atoms with van der Waals surface area (Å²) in [7, 11) is 2.56. The number of allylic oxidation sites excluding steroid dienone is 1. The Morgan fingerprint density at radius 2 is 1.74 bits per heavy atom. The zero-order valence-corrected chi connectivity index (χ0v) is 19.0. The maximum absolute atomic E-state index is 13.7. The van der Waals surface area contributed by atoms with Crippen LogP contribution in [0.2, 0.25) is 0 Å². The Hall–Kier alpha value is -4.20. The third kappa shape index (κ3) is 4.10. The van der Waals surface area contributed by atoms with Gasteiger partial charge in [0.25, 0.3) is 0 Å². The highest BCUT2D eigenvalue weighted by Gasteiger charge is 2.44. The summed E-state index contributed by atoms with van der Waals surface area (Å²) in [6.45, 7) is 5.73. The Bertz CT molecular complexity index is 1280. The normalized spacial score (nSPS) is 17.8. The summed E-state index contributed by atoms with van der Waals surface area (Å²) in [6, 6.07) is 15.3. The van der Waals surface area contributed by atoms with E-state index in [0.29, 0.717) is 28.2 Å². The number of hydrogen-bond donors (Lipinski definition) is 1. The number of carbonyl (C=O) groups is 2. The van der Waals surface area contributed by atoms with Gasteiger partial charge in [0.05, 0.1) is 31.2 Å². The summed E-state index contributed by atoms with van der Waals surface area (Å²) in [5.41, 5.74) is 3.64. The molecule has 0 fully saturated rings. The molecular formula is C26H24FN3O4. The quantitative estimate of drug-likeness (QED) is 0.576. The van der Waals surface area contributed by atoms with Crippen LogP contribution in [0.4, 0.5) is 4.39 Å². The van der Waals surface area contributed by atoms with E-state index in [1.807, 2.05) is 30.3 Å². The van der Waals surface area contributed by atoms with Gasteiger partial charge >= 0.3 is 11.9 Å². The minimum absolute atomic E-state index is 0.265. The lowest BCUT2D eigenvalue weighted by atomic mass is 9.75. The zero-order valence-electron chi connectivity index (χ0n) is 19.0. The lowest BCUT2D eigenvalue weighted by molar-refractivity contribution is -0.145. The van der Waals surface area contributed by atoms with E-state index in [1.165, 1.54) is 26.4 Å². The summed E-state index contributed by atoms with van der Waals surface area (Å²) in [4.78, 5) is 25.8. The molecule has 0 amide bonds. The van der Waals surface area contributed by atoms with Gasteiger partial charge in [-0.05, 0) is 43.3 Å². The van der Waals surface area contributed by atoms with Gasteiger partial charge in [-0.1, -0.05) is 24.8 Å². The summed E-state index contributed by atoms with van der Waals surface area (Å²) in [5, 5.41) is 7.78. The van der Waals surface area contributed by atoms with Gasteiger partial charge in [-0.15, -0.1) is 0 Å². The molecule has 0 bridgehead atoms. The topological polar surface area (TPSA) is 82.5 Å². The van der Waals surface area contributed by atoms with E-state index >= 15 is 0 Å². The van der Waals surface area contributed by atoms with Crippen molar-refractivity contribution in [3.63, 3.8) is 0 Å². The molecule has 1 N–H and O–H groups in total. The number of halogens is 1. The molecule has 2 heterocycles. The second-order valence-corrected chi connectivity index (χ2v) is 7.88. The van der Waals surface area contributed by atoms with Crippen molar-refractivity contribution in [1.82, 2.24) is 15.1 Å². The number of ether oxygens (including phenoxy) is 2. The highest BCUT2D eigenvalue weighted by atomic mass is 19.1. The van der Waals surface area contributed by atoms with E-state index in [-0.39, 0.29) is 11.4 Å². The fraction of sp³-hybridized carbons (Fsp3) is 0.192. The Morgan fingerprint density at radius 1 is 1.06 bits per heavy atom. The van der Waals surface area contributed by atoms with E-state index in [4.69, 9.17) is 14.6 Å². The van der Waals surface area contributed by atoms with Crippen LogP contribution in [0.1, 0.15) is 18.4 Å². The lowest BCUT2D eigenvalue weighted by Gasteiger charge is -2.34. The van der Waals surface area contributed by atoms with Crippen molar-refractivity contribution in [2.45, 2.75) is 12.8 Å². The summed E-state index contributed by atoms with van der Waals surface area (Å²) >= 11 is 0. The van der Waals surface area contributed by atoms with Gasteiger partial charge in [0.15, 0.2) is 0 Å². The second-order valence-electron chi connectivity index (χ2n) is 7.88. The fourth-order valence-corrected chi connectivity index (χ4v) is 4.28. The van der Waals surface area contributed by atoms with Crippen molar-refractivity contribution in [2.24, 2.45) is 5.92 Å². The number of nitrogens with one attached hydrogen (secondary N) is 1. The molecule has 1 aliphatic rings. The monoisotopic (exact) mass is 461 g/mol. The Morgan fingerprint density at radius 3 is 2.35 bits per heavy atom. The molecule has 2 unspecified atom stereocenters. The smallest absolute Gasteiger partial charge is 0.336 e. The zero-order chi connectivity index (χ0) is 24.4. The number of nitrogens with zero attached hydrogens (tertiary/aromatic N) is 2. The minimum atomic E-state index is -0.921. The molecular weight excluding hydrogens is 437 g/mol. The maximum Gasteiger partial charge on any atom is 0.336 e. The van der Waals surface area contributed by atoms with E-state index < -0.39 is 23.8 Å². The number of carbonyl (C=O) groups excluding carboxylic acids is 2. The third-order valence-corrected chi connectivity index (χ3v) is 5.85. The predicted octanol–water partition coefficient (Wildman–Crippen LogP) is 4.12. The van der Waals surface area contributed by atoms with Crippen molar-refractivity contribution in [3.8, 4) is 16.9 Å². The molecule has 1 aromatic heterocycles. The van der Waals surface area contributed by atoms with Gasteiger partial charge in [-0.25, -0.2) is 13.9 Å². The van der Waals surface area contributed by atoms with Crippen molar-refractivity contribution >= 4 is 11.9 Å². The number of para-hydroxylation sites is 1. The molecule has 174 valence electrons. The minimum Gasteiger partial charge on any atom is -0.468 e. The van der Waals surface area contributed by atoms with E-state index in [1.54, 1.807) is 29.9 Å². The van der Waals surface area contributed by atoms with Crippen molar-refractivity contribution in [2.75, 3.05) is 14.2 Å². The molecule has 1 aliphatic heterocycles. The number of rotatable bonds is 5. The van der Waals surface area contributed by atoms with E-state index in [9.17, 15) is 14.0 Å². The van der Waals surface area contributed by atoms with Crippen LogP contribution < -0.4 is 5.32 Å². The largest absolute Gasteiger partial charge is 0.468 e. The van der Waals surface area contributed by atoms with Crippen LogP contribution in [-0.2, 0) is 19.1 Å². The average Bonchev–Trinajstić information content (AvgIpc) is 3.29. The highest BCUT2D eigenvalue weighted by molar-refractivity contribution is 5.94. The number of hydrogen-bond acceptors (Lipinski definition) is 6. The summed E-state index contributed by atoms with van der Waals surface area (Å²) in [5.74, 6) is -3.26. The van der Waals surface area contributed by atoms with Gasteiger partial charge < -0.3 is 14.8 Å². The Balaban J connectivity index is 2.01. The summed E-state index contributed by atoms with van der Waals surface area (Å²) < 4.78 is 25.5. The van der Waals surface area contributed by atoms with Gasteiger partial charge in [0.2, 0.25) is 0 Å². The molecule has 8 heteroatoms. The fourth-order valence-electron chi connectivity index (χ4n) is 4.28. The molecule has 7 nitrogen and oxygen atoms in total. The molecule has 0 radical (unpaired) electrons. The van der Waals surface area contributed by atoms with Crippen LogP contribution in [0.25, 0.3) is 16.9 Å². The van der Waals surface area contributed by atoms with Crippen LogP contribution in [-0.4, -0.2) is 35.9 Å². The Kier molecular flexibility index (Phi) is 6.32. The van der Waals surface area contributed by atoms with Crippen molar-refractivity contribution in [3.05, 3.63) is 95.7 Å². The number of benzene rings is 2. The summed E-state index contributed by atoms with van der Waals surface area (Å²) in [6.07, 6.45) is 1.77. The highest BCUT2D eigenvalue weighted by Crippen LogP contribution is 2.44. The van der Waals surface area contributed by atoms with Gasteiger partial charge in [-0.3, -0.25) is 4.79 Å². The predicted molar refractivity (Wildman–Crippen MR) is 124 cm³/mol. The van der Waals surface area contributed by atoms with Gasteiger partial charge in [-0.2, -0.15) is 5.10 Å². The molecule has 34 heavy (non-hydrogen) atoms. The standard InChI is InChI=1S/C26H24FN3O4/c1-15-21(25(31)33-3)23(22(16(2)28-15)26(32)34-4)20-14-30(19-8-6-5-7-9-19)29-24(20)17-10-12-18(27)13-11-17/h5-14,21,23,28H,1H2,2-4H3. The Labute approximate surface area is 196 Å². The molecule has 0 saturated carbocycles. The van der Waals surface area contributed by atoms with Crippen LogP contribution in [0.5, 0.6) is 0 Å². The van der Waals surface area contributed by atoms with Crippen LogP contribution in [0.15, 0.2) is 84.3 Å². The number of aromatic nitrogens is 2. The molecule has 0 aliphatic carbocycles. The van der Waals surface area contributed by atoms with E-state index in [0.717, 1.165) is 5.69 Å². The SMILES string of the molecule is C=C1NC(C)=C(C(=O)OC)C(c2cn(-c3ccccc3)nc2-c2ccc(F)cc2)C1C(=O)OC. The van der Waals surface area contributed by atoms with Crippen LogP contribution in [0.3, 0.4) is 0 Å². The molecule has 4 rings (SSSR count). The third-order valence-electron chi connectivity index (χ3n) is 5.85. The molecule has 0 saturated heterocycles. The molecule has 2 atom stereocenters. The number of methoxy groups -OCH3 is 2. The van der Waals surface area contributed by atoms with Crippen LogP contribution >= 0.6 is 0 Å². The molecule has 0 spiro atoms. The van der Waals surface area contributed by atoms with Gasteiger partial charge in [0.1, 0.15) is 11.7 Å². The molecule has 3 aromatic rings. The first-order valence-electron chi connectivity index (χ1n) is 10.6. The van der Waals surface area contributed by atoms with Gasteiger partial charge in [0, 0.05) is 34.6 Å². The first-order valence-corrected chi connectivity index (χ1v) is 10.6. The average molecular weight is 461 g/mol. The van der Waals surface area contributed by atoms with Crippen molar-refractivity contribution in [1.29, 1.82) is 0 Å². The first-order chi connectivity index (χ1) is 16.3. The number of esters is 2. The first kappa shape index (κ1) is 23.0.